The molecule has 12 aromatic rings. The topological polar surface area (TPSA) is 29.5 Å². The van der Waals surface area contributed by atoms with E-state index < -0.39 is 0 Å². The lowest BCUT2D eigenvalue weighted by Crippen LogP contribution is -2.10. The minimum atomic E-state index is 0.841. The molecule has 3 aromatic heterocycles. The maximum atomic E-state index is 6.80. The quantitative estimate of drug-likeness (QED) is 0.169. The molecule has 0 atom stereocenters. The molecule has 0 N–H and O–H groups in total. The number of nitrogens with zero attached hydrogens (tertiary/aromatic N) is 1. The molecule has 0 bridgehead atoms. The van der Waals surface area contributed by atoms with Gasteiger partial charge in [0.05, 0.1) is 11.4 Å². The minimum absolute atomic E-state index is 0.841. The van der Waals surface area contributed by atoms with Crippen LogP contribution in [0.25, 0.3) is 97.4 Å². The van der Waals surface area contributed by atoms with E-state index in [0.717, 1.165) is 83.2 Å². The number of thiophene rings is 1. The zero-order valence-corrected chi connectivity index (χ0v) is 32.0. The van der Waals surface area contributed by atoms with Gasteiger partial charge in [-0.2, -0.15) is 0 Å². The predicted octanol–water partition coefficient (Wildman–Crippen LogP) is 16.3. The summed E-state index contributed by atoms with van der Waals surface area (Å²) in [7, 11) is 0. The summed E-state index contributed by atoms with van der Waals surface area (Å²) in [5.74, 6) is 0. The molecule has 0 saturated carbocycles. The zero-order chi connectivity index (χ0) is 38.2. The molecule has 3 nitrogen and oxygen atoms in total. The largest absolute Gasteiger partial charge is 0.456 e. The standard InChI is InChI=1S/C54H33NO2S/c1-4-15-34(16-5-1)37-31-43(36-19-8-3-9-20-36)51-44-33-38(27-30-48(44)56-49(51)32-37)55(46-24-14-23-41-40-21-10-12-25-47(40)57-53(41)46)45-29-28-39(35-17-6-2-7-18-35)54-52(45)42-22-11-13-26-50(42)58-54/h1-33H. The summed E-state index contributed by atoms with van der Waals surface area (Å²) in [5.41, 5.74) is 13.5. The zero-order valence-electron chi connectivity index (χ0n) is 31.2. The smallest absolute Gasteiger partial charge is 0.159 e. The number of anilines is 3. The van der Waals surface area contributed by atoms with Gasteiger partial charge in [0.25, 0.3) is 0 Å². The fourth-order valence-electron chi connectivity index (χ4n) is 8.83. The first-order valence-corrected chi connectivity index (χ1v) is 20.4. The molecule has 3 heterocycles. The van der Waals surface area contributed by atoms with E-state index >= 15 is 0 Å². The van der Waals surface area contributed by atoms with Gasteiger partial charge in [0.2, 0.25) is 0 Å². The van der Waals surface area contributed by atoms with Crippen LogP contribution in [0.3, 0.4) is 0 Å². The SMILES string of the molecule is c1ccc(-c2cc(-c3ccccc3)c3c(c2)oc2ccc(N(c4cccc5c4oc4ccccc45)c4ccc(-c5ccccc5)c5sc6ccccc6c45)cc23)cc1. The van der Waals surface area contributed by atoms with Crippen LogP contribution in [0.5, 0.6) is 0 Å². The third-order valence-corrected chi connectivity index (χ3v) is 12.7. The molecule has 0 saturated heterocycles. The van der Waals surface area contributed by atoms with E-state index in [4.69, 9.17) is 8.83 Å². The maximum Gasteiger partial charge on any atom is 0.159 e. The Balaban J connectivity index is 1.18. The molecule has 272 valence electrons. The maximum absolute atomic E-state index is 6.80. The number of hydrogen-bond donors (Lipinski definition) is 0. The monoisotopic (exact) mass is 759 g/mol. The Hall–Kier alpha value is -7.40. The second-order valence-electron chi connectivity index (χ2n) is 14.8. The van der Waals surface area contributed by atoms with Gasteiger partial charge >= 0.3 is 0 Å². The molecule has 12 rings (SSSR count). The van der Waals surface area contributed by atoms with E-state index in [2.05, 4.69) is 199 Å². The van der Waals surface area contributed by atoms with Crippen LogP contribution < -0.4 is 4.90 Å². The molecule has 0 unspecified atom stereocenters. The van der Waals surface area contributed by atoms with Gasteiger partial charge in [-0.15, -0.1) is 11.3 Å². The normalized spacial score (nSPS) is 11.8. The average molecular weight is 760 g/mol. The first kappa shape index (κ1) is 32.8. The fourth-order valence-corrected chi connectivity index (χ4v) is 10.1. The summed E-state index contributed by atoms with van der Waals surface area (Å²) in [5, 5.41) is 6.77. The average Bonchev–Trinajstić information content (AvgIpc) is 3.99. The van der Waals surface area contributed by atoms with Crippen LogP contribution in [0.1, 0.15) is 0 Å². The van der Waals surface area contributed by atoms with E-state index in [9.17, 15) is 0 Å². The van der Waals surface area contributed by atoms with Gasteiger partial charge in [-0.05, 0) is 88.0 Å². The van der Waals surface area contributed by atoms with Crippen LogP contribution >= 0.6 is 11.3 Å². The number of hydrogen-bond acceptors (Lipinski definition) is 4. The van der Waals surface area contributed by atoms with E-state index in [1.54, 1.807) is 0 Å². The van der Waals surface area contributed by atoms with Gasteiger partial charge in [-0.25, -0.2) is 0 Å². The summed E-state index contributed by atoms with van der Waals surface area (Å²) in [6, 6.07) is 71.3. The lowest BCUT2D eigenvalue weighted by Gasteiger charge is -2.27. The van der Waals surface area contributed by atoms with Crippen molar-refractivity contribution in [2.45, 2.75) is 0 Å². The molecule has 0 aliphatic carbocycles. The number of benzene rings is 9. The highest BCUT2D eigenvalue weighted by Gasteiger charge is 2.25. The molecule has 0 fully saturated rings. The summed E-state index contributed by atoms with van der Waals surface area (Å²) >= 11 is 1.85. The lowest BCUT2D eigenvalue weighted by molar-refractivity contribution is 0.669. The summed E-state index contributed by atoms with van der Waals surface area (Å²) < 4.78 is 16.1. The van der Waals surface area contributed by atoms with E-state index in [-0.39, 0.29) is 0 Å². The summed E-state index contributed by atoms with van der Waals surface area (Å²) in [6.45, 7) is 0. The van der Waals surface area contributed by atoms with Crippen molar-refractivity contribution in [3.63, 3.8) is 0 Å². The van der Waals surface area contributed by atoms with Gasteiger partial charge in [0.1, 0.15) is 16.7 Å². The lowest BCUT2D eigenvalue weighted by atomic mass is 9.94. The fraction of sp³-hybridized carbons (Fsp3) is 0. The van der Waals surface area contributed by atoms with Crippen LogP contribution in [0.4, 0.5) is 17.1 Å². The van der Waals surface area contributed by atoms with Crippen molar-refractivity contribution < 1.29 is 8.83 Å². The van der Waals surface area contributed by atoms with Crippen molar-refractivity contribution >= 4 is 92.4 Å². The van der Waals surface area contributed by atoms with E-state index in [1.165, 1.54) is 31.3 Å². The van der Waals surface area contributed by atoms with Crippen molar-refractivity contribution in [1.29, 1.82) is 0 Å². The van der Waals surface area contributed by atoms with E-state index in [1.807, 2.05) is 17.4 Å². The summed E-state index contributed by atoms with van der Waals surface area (Å²) in [6.07, 6.45) is 0. The van der Waals surface area contributed by atoms with Crippen molar-refractivity contribution in [3.8, 4) is 33.4 Å². The highest BCUT2D eigenvalue weighted by atomic mass is 32.1. The van der Waals surface area contributed by atoms with Crippen LogP contribution in [0, 0.1) is 0 Å². The number of para-hydroxylation sites is 2. The molecule has 0 spiro atoms. The van der Waals surface area contributed by atoms with Crippen molar-refractivity contribution in [3.05, 3.63) is 200 Å². The molecular formula is C54H33NO2S. The van der Waals surface area contributed by atoms with Crippen molar-refractivity contribution in [2.75, 3.05) is 4.90 Å². The first-order chi connectivity index (χ1) is 28.8. The van der Waals surface area contributed by atoms with Crippen molar-refractivity contribution in [2.24, 2.45) is 0 Å². The predicted molar refractivity (Wildman–Crippen MR) is 245 cm³/mol. The van der Waals surface area contributed by atoms with E-state index in [0.29, 0.717) is 0 Å². The molecule has 0 aliphatic heterocycles. The number of furan rings is 2. The Kier molecular flexibility index (Phi) is 7.40. The Morgan fingerprint density at radius 1 is 0.362 bits per heavy atom. The third kappa shape index (κ3) is 5.12. The number of rotatable bonds is 6. The van der Waals surface area contributed by atoms with Gasteiger partial charge < -0.3 is 13.7 Å². The van der Waals surface area contributed by atoms with Gasteiger partial charge in [-0.3, -0.25) is 0 Å². The first-order valence-electron chi connectivity index (χ1n) is 19.6. The van der Waals surface area contributed by atoms with Gasteiger partial charge in [0, 0.05) is 47.4 Å². The number of fused-ring (bicyclic) bond motifs is 9. The molecule has 4 heteroatoms. The highest BCUT2D eigenvalue weighted by Crippen LogP contribution is 2.51. The Morgan fingerprint density at radius 2 is 1.02 bits per heavy atom. The van der Waals surface area contributed by atoms with Crippen molar-refractivity contribution in [1.82, 2.24) is 0 Å². The van der Waals surface area contributed by atoms with Gasteiger partial charge in [0.15, 0.2) is 5.58 Å². The molecule has 0 aliphatic rings. The second-order valence-corrected chi connectivity index (χ2v) is 15.9. The Bertz CT molecular complexity index is 3510. The van der Waals surface area contributed by atoms with Gasteiger partial charge in [-0.1, -0.05) is 146 Å². The van der Waals surface area contributed by atoms with Crippen LogP contribution in [-0.2, 0) is 0 Å². The Labute approximate surface area is 338 Å². The molecule has 0 amide bonds. The van der Waals surface area contributed by atoms with Crippen LogP contribution in [0.2, 0.25) is 0 Å². The molecule has 58 heavy (non-hydrogen) atoms. The second kappa shape index (κ2) is 13.1. The Morgan fingerprint density at radius 3 is 1.81 bits per heavy atom. The third-order valence-electron chi connectivity index (χ3n) is 11.5. The van der Waals surface area contributed by atoms with Crippen LogP contribution in [-0.4, -0.2) is 0 Å². The summed E-state index contributed by atoms with van der Waals surface area (Å²) in [4.78, 5) is 2.40. The molecular weight excluding hydrogens is 727 g/mol. The minimum Gasteiger partial charge on any atom is -0.456 e. The van der Waals surface area contributed by atoms with Crippen LogP contribution in [0.15, 0.2) is 209 Å². The molecule has 9 aromatic carbocycles. The molecule has 0 radical (unpaired) electrons. The highest BCUT2D eigenvalue weighted by molar-refractivity contribution is 7.26.